The van der Waals surface area contributed by atoms with Crippen molar-refractivity contribution >= 4 is 40.9 Å². The Labute approximate surface area is 613 Å². The fourth-order valence-corrected chi connectivity index (χ4v) is 10.5. The van der Waals surface area contributed by atoms with Crippen molar-refractivity contribution in [1.29, 1.82) is 0 Å². The van der Waals surface area contributed by atoms with Crippen molar-refractivity contribution < 1.29 is 62.2 Å². The molecule has 7 aromatic rings. The van der Waals surface area contributed by atoms with Crippen molar-refractivity contribution in [3.63, 3.8) is 0 Å². The first kappa shape index (κ1) is 86.1. The van der Waals surface area contributed by atoms with Crippen molar-refractivity contribution in [2.45, 2.75) is 131 Å². The number of likely N-dealkylation sites (N-methyl/N-ethyl adjacent to an activating group) is 4. The number of ether oxygens (including phenoxy) is 8. The van der Waals surface area contributed by atoms with E-state index in [1.54, 1.807) is 54.6 Å². The van der Waals surface area contributed by atoms with Gasteiger partial charge in [0.15, 0.2) is 0 Å². The number of phenols is 1. The van der Waals surface area contributed by atoms with E-state index in [1.165, 1.54) is 34.9 Å². The molecule has 0 aliphatic carbocycles. The van der Waals surface area contributed by atoms with Gasteiger partial charge in [0.2, 0.25) is 0 Å². The number of rotatable bonds is 38. The zero-order chi connectivity index (χ0) is 75.6. The molecule has 0 aliphatic heterocycles. The summed E-state index contributed by atoms with van der Waals surface area (Å²) in [4.78, 5) is 58.6. The number of carbonyl (C=O) groups excluding carboxylic acids is 4. The van der Waals surface area contributed by atoms with Crippen LogP contribution in [0.4, 0.5) is 17.1 Å². The van der Waals surface area contributed by atoms with Gasteiger partial charge in [0, 0.05) is 53.7 Å². The summed E-state index contributed by atoms with van der Waals surface area (Å²) in [5.41, 5.74) is 24.4. The molecule has 0 amide bonds. The molecule has 1 unspecified atom stereocenters. The van der Waals surface area contributed by atoms with Crippen molar-refractivity contribution in [3.8, 4) is 28.7 Å². The second-order valence-electron chi connectivity index (χ2n) is 25.8. The molecule has 562 valence electrons. The number of carbonyl (C=O) groups is 4. The zero-order valence-corrected chi connectivity index (χ0v) is 63.6. The quantitative estimate of drug-likeness (QED) is 0.0159. The van der Waals surface area contributed by atoms with E-state index in [-0.39, 0.29) is 42.5 Å². The number of anilines is 3. The zero-order valence-electron chi connectivity index (χ0n) is 63.6. The number of aromatic hydroxyl groups is 1. The molecule has 7 rings (SSSR count). The molecule has 0 aliphatic rings. The van der Waals surface area contributed by atoms with Crippen molar-refractivity contribution in [1.82, 2.24) is 19.6 Å². The smallest absolute Gasteiger partial charge is 0.341 e. The van der Waals surface area contributed by atoms with Crippen LogP contribution in [0.3, 0.4) is 0 Å². The molecule has 103 heavy (non-hydrogen) atoms. The Kier molecular flexibility index (Phi) is 39.9. The van der Waals surface area contributed by atoms with Gasteiger partial charge in [-0.2, -0.15) is 0 Å². The molecule has 0 saturated carbocycles. The number of nitrogen functional groups attached to an aromatic ring is 3. The molecule has 20 nitrogen and oxygen atoms in total. The van der Waals surface area contributed by atoms with Crippen LogP contribution in [0.5, 0.6) is 28.7 Å². The van der Waals surface area contributed by atoms with E-state index in [4.69, 9.17) is 55.1 Å². The number of hydrogen-bond acceptors (Lipinski definition) is 20. The van der Waals surface area contributed by atoms with Crippen molar-refractivity contribution in [3.05, 3.63) is 203 Å². The Hall–Kier alpha value is -9.34. The van der Waals surface area contributed by atoms with Crippen LogP contribution in [0, 0.1) is 5.92 Å². The van der Waals surface area contributed by atoms with Crippen LogP contribution in [0.15, 0.2) is 164 Å². The lowest BCUT2D eigenvalue weighted by molar-refractivity contribution is 0.0270. The number of phenolic OH excluding ortho intramolecular Hbond substituents is 1. The molecular formula is C83H117N7O13. The highest BCUT2D eigenvalue weighted by Gasteiger charge is 2.26. The second-order valence-corrected chi connectivity index (χ2v) is 25.8. The van der Waals surface area contributed by atoms with E-state index < -0.39 is 17.9 Å². The minimum Gasteiger partial charge on any atom is -0.508 e. The molecular weight excluding hydrogens is 1300 g/mol. The van der Waals surface area contributed by atoms with Crippen LogP contribution < -0.4 is 36.1 Å². The van der Waals surface area contributed by atoms with Gasteiger partial charge in [0.1, 0.15) is 71.9 Å². The van der Waals surface area contributed by atoms with Crippen LogP contribution in [-0.2, 0) is 38.2 Å². The minimum atomic E-state index is -0.448. The summed E-state index contributed by atoms with van der Waals surface area (Å²) in [7, 11) is 11.9. The summed E-state index contributed by atoms with van der Waals surface area (Å²) < 4.78 is 44.8. The third-order valence-electron chi connectivity index (χ3n) is 17.1. The Balaban J connectivity index is 0.000000291. The van der Waals surface area contributed by atoms with Gasteiger partial charge in [0.25, 0.3) is 0 Å². The average molecular weight is 1420 g/mol. The van der Waals surface area contributed by atoms with Gasteiger partial charge < -0.3 is 74.9 Å². The lowest BCUT2D eigenvalue weighted by Crippen LogP contribution is -2.43. The molecule has 0 heterocycles. The first-order chi connectivity index (χ1) is 49.5. The molecule has 0 saturated heterocycles. The SMILES string of the molecule is CCCOc1cc(C(=O)OC[C@H](C(C)CC)N(CC)CC)ccc1N.CCCOc1cc(N)ccc1C(=O)OC[C@@H](Cc1ccccc1)N(C)C.CCCOc1cc(N)ccc1C(=O)OC[C@H](Cc1ccccc1)N(C)C.CCCOc1cc(O)ccc1C(=O)OC[C@@H](Cc1ccccc1)N(C)C. The maximum atomic E-state index is 12.6. The predicted molar refractivity (Wildman–Crippen MR) is 414 cm³/mol. The number of benzene rings is 7. The summed E-state index contributed by atoms with van der Waals surface area (Å²) in [6, 6.07) is 50.5. The van der Waals surface area contributed by atoms with E-state index >= 15 is 0 Å². The minimum absolute atomic E-state index is 0.0582. The highest BCUT2D eigenvalue weighted by molar-refractivity contribution is 5.94. The largest absolute Gasteiger partial charge is 0.508 e. The highest BCUT2D eigenvalue weighted by Crippen LogP contribution is 2.29. The van der Waals surface area contributed by atoms with Gasteiger partial charge >= 0.3 is 23.9 Å². The van der Waals surface area contributed by atoms with E-state index in [0.29, 0.717) is 114 Å². The summed E-state index contributed by atoms with van der Waals surface area (Å²) in [6.45, 7) is 21.9. The molecule has 0 spiro atoms. The normalized spacial score (nSPS) is 12.4. The van der Waals surface area contributed by atoms with Crippen LogP contribution in [0.25, 0.3) is 0 Å². The number of esters is 4. The van der Waals surface area contributed by atoms with Gasteiger partial charge in [-0.05, 0) is 178 Å². The first-order valence-corrected chi connectivity index (χ1v) is 36.1. The van der Waals surface area contributed by atoms with Crippen LogP contribution >= 0.6 is 0 Å². The predicted octanol–water partition coefficient (Wildman–Crippen LogP) is 14.3. The van der Waals surface area contributed by atoms with Gasteiger partial charge in [-0.1, -0.05) is 153 Å². The average Bonchev–Trinajstić information content (AvgIpc) is 0.859. The second kappa shape index (κ2) is 47.8. The first-order valence-electron chi connectivity index (χ1n) is 36.1. The summed E-state index contributed by atoms with van der Waals surface area (Å²) in [5, 5.41) is 9.63. The highest BCUT2D eigenvalue weighted by atomic mass is 16.6. The number of hydrogen-bond donors (Lipinski definition) is 4. The topological polar surface area (TPSA) is 253 Å². The summed E-state index contributed by atoms with van der Waals surface area (Å²) in [5.74, 6) is 0.790. The molecule has 7 N–H and O–H groups in total. The molecule has 0 aromatic heterocycles. The summed E-state index contributed by atoms with van der Waals surface area (Å²) >= 11 is 0. The van der Waals surface area contributed by atoms with E-state index in [2.05, 4.69) is 78.8 Å². The van der Waals surface area contributed by atoms with Gasteiger partial charge in [-0.15, -0.1) is 0 Å². The van der Waals surface area contributed by atoms with E-state index in [1.807, 2.05) is 129 Å². The van der Waals surface area contributed by atoms with E-state index in [9.17, 15) is 24.3 Å². The Morgan fingerprint density at radius 2 is 0.738 bits per heavy atom. The monoisotopic (exact) mass is 1420 g/mol. The van der Waals surface area contributed by atoms with Crippen LogP contribution in [0.2, 0.25) is 0 Å². The third kappa shape index (κ3) is 31.0. The molecule has 0 radical (unpaired) electrons. The van der Waals surface area contributed by atoms with Gasteiger partial charge in [0.05, 0.1) is 37.7 Å². The van der Waals surface area contributed by atoms with E-state index in [0.717, 1.165) is 64.5 Å². The number of nitrogens with zero attached hydrogens (tertiary/aromatic N) is 4. The fourth-order valence-electron chi connectivity index (χ4n) is 10.5. The molecule has 7 aromatic carbocycles. The van der Waals surface area contributed by atoms with Crippen molar-refractivity contribution in [2.75, 3.05) is 125 Å². The Morgan fingerprint density at radius 3 is 1.08 bits per heavy atom. The van der Waals surface area contributed by atoms with Crippen LogP contribution in [0.1, 0.15) is 146 Å². The maximum Gasteiger partial charge on any atom is 0.341 e. The maximum absolute atomic E-state index is 12.6. The lowest BCUT2D eigenvalue weighted by atomic mass is 9.98. The lowest BCUT2D eigenvalue weighted by Gasteiger charge is -2.33. The molecule has 0 fully saturated rings. The molecule has 0 bridgehead atoms. The Morgan fingerprint density at radius 1 is 0.398 bits per heavy atom. The van der Waals surface area contributed by atoms with Gasteiger partial charge in [-0.25, -0.2) is 19.2 Å². The Bertz CT molecular complexity index is 3270. The molecule has 20 heteroatoms. The standard InChI is InChI=1S/2C21H28N2O3.C21H27NO4.C20H34N2O3/c2*1-4-12-25-20-14-17(22)10-11-19(20)21(24)26-15-18(23(2)3)13-16-8-6-5-7-9-16;1-4-12-25-20-14-18(23)10-11-19(20)21(24)26-15-17(22(2)3)13-16-8-6-5-7-9-16;1-6-12-24-19-13-16(10-11-17(19)21)20(23)25-14-18(15(5)7-2)22(8-3)9-4/h2*5-11,14,18H,4,12-13,15,22H2,1-3H3;5-11,14,17,23H,4,12-13,15H2,1-3H3;10-11,13,15,18H,6-9,12,14,21H2,1-5H3/t2*18-;17-;15?,18-/m1011/s1. The van der Waals surface area contributed by atoms with Gasteiger partial charge in [-0.3, -0.25) is 4.90 Å². The van der Waals surface area contributed by atoms with Crippen LogP contribution in [-0.4, -0.2) is 181 Å². The fraction of sp³-hybridized carbons (Fsp3) is 0.446. The molecule has 5 atom stereocenters. The van der Waals surface area contributed by atoms with Crippen molar-refractivity contribution in [2.24, 2.45) is 5.92 Å². The number of nitrogens with two attached hydrogens (primary N) is 3. The third-order valence-corrected chi connectivity index (χ3v) is 17.1. The summed E-state index contributed by atoms with van der Waals surface area (Å²) in [6.07, 6.45) is 6.85.